The number of amides is 1. The minimum atomic E-state index is 0.179. The van der Waals surface area contributed by atoms with Crippen LogP contribution >= 0.6 is 0 Å². The van der Waals surface area contributed by atoms with Gasteiger partial charge in [0, 0.05) is 32.7 Å². The average Bonchev–Trinajstić information content (AvgIpc) is 2.89. The van der Waals surface area contributed by atoms with Crippen molar-refractivity contribution >= 4 is 5.91 Å². The number of hydrogen-bond donors (Lipinski definition) is 2. The summed E-state index contributed by atoms with van der Waals surface area (Å²) in [7, 11) is 0. The van der Waals surface area contributed by atoms with Crippen molar-refractivity contribution in [1.82, 2.24) is 20.4 Å². The minimum absolute atomic E-state index is 0.179. The third kappa shape index (κ3) is 4.92. The first-order chi connectivity index (χ1) is 8.84. The van der Waals surface area contributed by atoms with Gasteiger partial charge in [-0.1, -0.05) is 0 Å². The molecule has 2 aliphatic heterocycles. The molecule has 1 amide bonds. The minimum Gasteiger partial charge on any atom is -0.355 e. The molecule has 0 aromatic heterocycles. The summed E-state index contributed by atoms with van der Waals surface area (Å²) in [5.74, 6) is 0.179. The summed E-state index contributed by atoms with van der Waals surface area (Å²) in [6.45, 7) is 8.98. The summed E-state index contributed by atoms with van der Waals surface area (Å²) < 4.78 is 0. The maximum atomic E-state index is 11.7. The van der Waals surface area contributed by atoms with Crippen molar-refractivity contribution in [3.8, 4) is 0 Å². The fourth-order valence-corrected chi connectivity index (χ4v) is 2.66. The van der Waals surface area contributed by atoms with Crippen LogP contribution in [0, 0.1) is 0 Å². The van der Waals surface area contributed by atoms with E-state index in [9.17, 15) is 4.79 Å². The van der Waals surface area contributed by atoms with Gasteiger partial charge >= 0.3 is 0 Å². The van der Waals surface area contributed by atoms with Gasteiger partial charge in [0.05, 0.1) is 6.54 Å². The van der Waals surface area contributed by atoms with Crippen LogP contribution in [0.3, 0.4) is 0 Å². The van der Waals surface area contributed by atoms with Crippen LogP contribution in [-0.2, 0) is 4.79 Å². The largest absolute Gasteiger partial charge is 0.355 e. The molecule has 18 heavy (non-hydrogen) atoms. The van der Waals surface area contributed by atoms with Gasteiger partial charge in [-0.3, -0.25) is 9.69 Å². The van der Waals surface area contributed by atoms with E-state index in [2.05, 4.69) is 20.4 Å². The molecule has 5 nitrogen and oxygen atoms in total. The molecule has 104 valence electrons. The van der Waals surface area contributed by atoms with E-state index in [0.717, 1.165) is 45.7 Å². The highest BCUT2D eigenvalue weighted by molar-refractivity contribution is 5.77. The molecule has 2 rings (SSSR count). The van der Waals surface area contributed by atoms with Crippen LogP contribution in [0.2, 0.25) is 0 Å². The highest BCUT2D eigenvalue weighted by Crippen LogP contribution is 2.06. The lowest BCUT2D eigenvalue weighted by Crippen LogP contribution is -2.47. The van der Waals surface area contributed by atoms with E-state index in [0.29, 0.717) is 6.54 Å². The molecule has 0 aromatic carbocycles. The first kappa shape index (κ1) is 13.8. The molecular weight excluding hydrogens is 228 g/mol. The van der Waals surface area contributed by atoms with Gasteiger partial charge in [0.15, 0.2) is 0 Å². The van der Waals surface area contributed by atoms with E-state index < -0.39 is 0 Å². The van der Waals surface area contributed by atoms with Crippen molar-refractivity contribution in [2.45, 2.75) is 19.3 Å². The lowest BCUT2D eigenvalue weighted by Gasteiger charge is -2.26. The van der Waals surface area contributed by atoms with Crippen LogP contribution in [0.15, 0.2) is 0 Å². The Bertz CT molecular complexity index is 247. The molecule has 0 saturated carbocycles. The fourth-order valence-electron chi connectivity index (χ4n) is 2.66. The maximum Gasteiger partial charge on any atom is 0.234 e. The third-order valence-electron chi connectivity index (χ3n) is 3.75. The van der Waals surface area contributed by atoms with Gasteiger partial charge in [-0.15, -0.1) is 0 Å². The Labute approximate surface area is 110 Å². The van der Waals surface area contributed by atoms with Crippen LogP contribution < -0.4 is 10.6 Å². The number of likely N-dealkylation sites (tertiary alicyclic amines) is 1. The summed E-state index contributed by atoms with van der Waals surface area (Å²) in [4.78, 5) is 16.4. The Kier molecular flexibility index (Phi) is 5.90. The van der Waals surface area contributed by atoms with E-state index in [4.69, 9.17) is 0 Å². The molecule has 0 atom stereocenters. The molecule has 0 aliphatic carbocycles. The van der Waals surface area contributed by atoms with Crippen LogP contribution in [0.4, 0.5) is 0 Å². The van der Waals surface area contributed by atoms with E-state index >= 15 is 0 Å². The molecule has 2 N–H and O–H groups in total. The second-order valence-corrected chi connectivity index (χ2v) is 5.28. The smallest absolute Gasteiger partial charge is 0.234 e. The Morgan fingerprint density at radius 1 is 1.06 bits per heavy atom. The standard InChI is InChI=1S/C13H26N4O/c18-13(12-17-10-5-14-6-11-17)15-4-3-9-16-7-1-2-8-16/h14H,1-12H2,(H,15,18). The zero-order valence-corrected chi connectivity index (χ0v) is 11.3. The molecule has 0 aromatic rings. The number of piperazine rings is 1. The van der Waals surface area contributed by atoms with Crippen LogP contribution in [0.5, 0.6) is 0 Å². The van der Waals surface area contributed by atoms with Crippen molar-refractivity contribution < 1.29 is 4.79 Å². The van der Waals surface area contributed by atoms with Gasteiger partial charge in [0.2, 0.25) is 5.91 Å². The van der Waals surface area contributed by atoms with Crippen molar-refractivity contribution in [2.24, 2.45) is 0 Å². The summed E-state index contributed by atoms with van der Waals surface area (Å²) >= 11 is 0. The highest BCUT2D eigenvalue weighted by atomic mass is 16.2. The molecule has 2 aliphatic rings. The van der Waals surface area contributed by atoms with Gasteiger partial charge in [0.25, 0.3) is 0 Å². The topological polar surface area (TPSA) is 47.6 Å². The number of nitrogens with zero attached hydrogens (tertiary/aromatic N) is 2. The van der Waals surface area contributed by atoms with Gasteiger partial charge in [0.1, 0.15) is 0 Å². The first-order valence-electron chi connectivity index (χ1n) is 7.27. The van der Waals surface area contributed by atoms with Gasteiger partial charge in [-0.05, 0) is 38.9 Å². The predicted octanol–water partition coefficient (Wildman–Crippen LogP) is -0.506. The average molecular weight is 254 g/mol. The number of nitrogens with one attached hydrogen (secondary N) is 2. The molecule has 5 heteroatoms. The van der Waals surface area contributed by atoms with Gasteiger partial charge < -0.3 is 15.5 Å². The van der Waals surface area contributed by atoms with E-state index in [1.165, 1.54) is 25.9 Å². The molecule has 0 spiro atoms. The van der Waals surface area contributed by atoms with Crippen molar-refractivity contribution in [3.63, 3.8) is 0 Å². The second kappa shape index (κ2) is 7.71. The summed E-state index contributed by atoms with van der Waals surface area (Å²) in [5, 5.41) is 6.32. The van der Waals surface area contributed by atoms with E-state index in [1.807, 2.05) is 0 Å². The SMILES string of the molecule is O=C(CN1CCNCC1)NCCCN1CCCC1. The Hall–Kier alpha value is -0.650. The molecule has 2 heterocycles. The zero-order valence-electron chi connectivity index (χ0n) is 11.3. The number of carbonyl (C=O) groups is 1. The maximum absolute atomic E-state index is 11.7. The van der Waals surface area contributed by atoms with Crippen LogP contribution in [0.1, 0.15) is 19.3 Å². The van der Waals surface area contributed by atoms with Crippen LogP contribution in [0.25, 0.3) is 0 Å². The zero-order chi connectivity index (χ0) is 12.6. The fraction of sp³-hybridized carbons (Fsp3) is 0.923. The highest BCUT2D eigenvalue weighted by Gasteiger charge is 2.13. The lowest BCUT2D eigenvalue weighted by atomic mass is 10.3. The Morgan fingerprint density at radius 3 is 2.50 bits per heavy atom. The van der Waals surface area contributed by atoms with Crippen molar-refractivity contribution in [3.05, 3.63) is 0 Å². The van der Waals surface area contributed by atoms with Gasteiger partial charge in [-0.2, -0.15) is 0 Å². The second-order valence-electron chi connectivity index (χ2n) is 5.28. The summed E-state index contributed by atoms with van der Waals surface area (Å²) in [6, 6.07) is 0. The molecular formula is C13H26N4O. The van der Waals surface area contributed by atoms with E-state index in [-0.39, 0.29) is 5.91 Å². The number of hydrogen-bond acceptors (Lipinski definition) is 4. The Morgan fingerprint density at radius 2 is 1.78 bits per heavy atom. The third-order valence-corrected chi connectivity index (χ3v) is 3.75. The quantitative estimate of drug-likeness (QED) is 0.627. The molecule has 2 fully saturated rings. The van der Waals surface area contributed by atoms with Crippen molar-refractivity contribution in [2.75, 3.05) is 58.9 Å². The normalized spacial score (nSPS) is 22.2. The van der Waals surface area contributed by atoms with Crippen LogP contribution in [-0.4, -0.2) is 74.6 Å². The molecule has 0 radical (unpaired) electrons. The van der Waals surface area contributed by atoms with Gasteiger partial charge in [-0.25, -0.2) is 0 Å². The number of rotatable bonds is 6. The van der Waals surface area contributed by atoms with Crippen molar-refractivity contribution in [1.29, 1.82) is 0 Å². The van der Waals surface area contributed by atoms with E-state index in [1.54, 1.807) is 0 Å². The Balaban J connectivity index is 1.48. The molecule has 0 bridgehead atoms. The number of carbonyl (C=O) groups excluding carboxylic acids is 1. The summed E-state index contributed by atoms with van der Waals surface area (Å²) in [5.41, 5.74) is 0. The summed E-state index contributed by atoms with van der Waals surface area (Å²) in [6.07, 6.45) is 3.76. The monoisotopic (exact) mass is 254 g/mol. The predicted molar refractivity (Wildman–Crippen MR) is 72.6 cm³/mol. The molecule has 2 saturated heterocycles. The first-order valence-corrected chi connectivity index (χ1v) is 7.27. The lowest BCUT2D eigenvalue weighted by molar-refractivity contribution is -0.122. The molecule has 0 unspecified atom stereocenters.